The van der Waals surface area contributed by atoms with E-state index in [2.05, 4.69) is 27.4 Å². The molecule has 1 N–H and O–H groups in total. The van der Waals surface area contributed by atoms with E-state index in [0.29, 0.717) is 18.1 Å². The minimum atomic E-state index is -0.741. The second-order valence-electron chi connectivity index (χ2n) is 7.31. The van der Waals surface area contributed by atoms with Crippen LogP contribution in [0.4, 0.5) is 0 Å². The Morgan fingerprint density at radius 2 is 1.36 bits per heavy atom. The van der Waals surface area contributed by atoms with Crippen LogP contribution in [0, 0.1) is 11.8 Å². The lowest BCUT2D eigenvalue weighted by Crippen LogP contribution is -2.10. The van der Waals surface area contributed by atoms with E-state index in [4.69, 9.17) is 9.84 Å². The van der Waals surface area contributed by atoms with E-state index in [0.717, 1.165) is 19.3 Å². The number of unbranched alkanes of at least 4 members (excludes halogenated alkanes) is 7. The predicted molar refractivity (Wildman–Crippen MR) is 105 cm³/mol. The highest BCUT2D eigenvalue weighted by Gasteiger charge is 2.09. The maximum Gasteiger partial charge on any atom is 0.333 e. The van der Waals surface area contributed by atoms with Crippen molar-refractivity contribution in [3.63, 3.8) is 0 Å². The fourth-order valence-electron chi connectivity index (χ4n) is 2.08. The molecule has 25 heavy (non-hydrogen) atoms. The number of aliphatic carboxylic acids is 1. The molecule has 0 spiro atoms. The predicted octanol–water partition coefficient (Wildman–Crippen LogP) is 6.00. The molecule has 0 aromatic carbocycles. The minimum absolute atomic E-state index is 0.211. The Bertz CT molecular complexity index is 359. The number of carbonyl (C=O) groups is 2. The molecule has 0 heterocycles. The van der Waals surface area contributed by atoms with E-state index in [1.807, 2.05) is 0 Å². The summed E-state index contributed by atoms with van der Waals surface area (Å²) in [5, 5.41) is 7.99. The lowest BCUT2D eigenvalue weighted by Gasteiger charge is -2.08. The molecule has 0 aromatic rings. The number of hydrogen-bond acceptors (Lipinski definition) is 3. The Morgan fingerprint density at radius 1 is 0.920 bits per heavy atom. The summed E-state index contributed by atoms with van der Waals surface area (Å²) < 4.78 is 5.21. The molecule has 0 unspecified atom stereocenters. The van der Waals surface area contributed by atoms with Crippen LogP contribution in [0.1, 0.15) is 92.4 Å². The molecule has 0 atom stereocenters. The fourth-order valence-corrected chi connectivity index (χ4v) is 2.08. The average Bonchev–Trinajstić information content (AvgIpc) is 2.52. The Kier molecular flexibility index (Phi) is 18.1. The number of rotatable bonds is 13. The van der Waals surface area contributed by atoms with Gasteiger partial charge in [-0.15, -0.1) is 0 Å². The Labute approximate surface area is 155 Å². The SMILES string of the molecule is C=C(CC(C)C)C(=O)OCCCCCCCCCC.CC(C)C(=O)O. The van der Waals surface area contributed by atoms with Gasteiger partial charge in [0.15, 0.2) is 0 Å². The van der Waals surface area contributed by atoms with Crippen molar-refractivity contribution in [2.24, 2.45) is 11.8 Å². The van der Waals surface area contributed by atoms with E-state index in [9.17, 15) is 9.59 Å². The summed E-state index contributed by atoms with van der Waals surface area (Å²) in [6.45, 7) is 14.0. The third-order valence-electron chi connectivity index (χ3n) is 3.67. The molecule has 0 aliphatic carbocycles. The summed E-state index contributed by atoms with van der Waals surface area (Å²) in [5.41, 5.74) is 0.606. The van der Waals surface area contributed by atoms with E-state index < -0.39 is 5.97 Å². The van der Waals surface area contributed by atoms with Gasteiger partial charge in [-0.05, 0) is 18.8 Å². The van der Waals surface area contributed by atoms with E-state index in [1.165, 1.54) is 38.5 Å². The molecule has 0 amide bonds. The quantitative estimate of drug-likeness (QED) is 0.250. The Balaban J connectivity index is 0. The van der Waals surface area contributed by atoms with Crippen molar-refractivity contribution in [2.45, 2.75) is 92.4 Å². The van der Waals surface area contributed by atoms with Gasteiger partial charge in [0.25, 0.3) is 0 Å². The molecule has 0 fully saturated rings. The lowest BCUT2D eigenvalue weighted by molar-refractivity contribution is -0.141. The average molecular weight is 357 g/mol. The van der Waals surface area contributed by atoms with Crippen LogP contribution >= 0.6 is 0 Å². The van der Waals surface area contributed by atoms with Crippen LogP contribution in [0.3, 0.4) is 0 Å². The van der Waals surface area contributed by atoms with Gasteiger partial charge in [-0.2, -0.15) is 0 Å². The van der Waals surface area contributed by atoms with Gasteiger partial charge in [-0.3, -0.25) is 4.79 Å². The van der Waals surface area contributed by atoms with Crippen molar-refractivity contribution < 1.29 is 19.4 Å². The number of carboxylic acid groups (broad SMARTS) is 1. The van der Waals surface area contributed by atoms with Crippen molar-refractivity contribution in [3.05, 3.63) is 12.2 Å². The van der Waals surface area contributed by atoms with Gasteiger partial charge in [-0.25, -0.2) is 4.79 Å². The number of ether oxygens (including phenoxy) is 1. The topological polar surface area (TPSA) is 63.6 Å². The van der Waals surface area contributed by atoms with Crippen molar-refractivity contribution in [1.82, 2.24) is 0 Å². The fraction of sp³-hybridized carbons (Fsp3) is 0.810. The molecule has 0 saturated heterocycles. The van der Waals surface area contributed by atoms with Crippen molar-refractivity contribution in [1.29, 1.82) is 0 Å². The Morgan fingerprint density at radius 3 is 1.76 bits per heavy atom. The molecule has 0 aromatic heterocycles. The normalized spacial score (nSPS) is 10.4. The first-order chi connectivity index (χ1) is 11.7. The molecule has 148 valence electrons. The molecule has 0 aliphatic rings. The summed E-state index contributed by atoms with van der Waals surface area (Å²) in [4.78, 5) is 21.3. The van der Waals surface area contributed by atoms with Gasteiger partial charge >= 0.3 is 11.9 Å². The van der Waals surface area contributed by atoms with Gasteiger partial charge in [0.2, 0.25) is 0 Å². The van der Waals surface area contributed by atoms with Crippen molar-refractivity contribution in [2.75, 3.05) is 6.61 Å². The van der Waals surface area contributed by atoms with Crippen molar-refractivity contribution in [3.8, 4) is 0 Å². The molecule has 0 saturated carbocycles. The van der Waals surface area contributed by atoms with Gasteiger partial charge in [0.05, 0.1) is 12.5 Å². The molecular weight excluding hydrogens is 316 g/mol. The van der Waals surface area contributed by atoms with Gasteiger partial charge in [0.1, 0.15) is 0 Å². The van der Waals surface area contributed by atoms with E-state index >= 15 is 0 Å². The maximum absolute atomic E-state index is 11.6. The highest BCUT2D eigenvalue weighted by atomic mass is 16.5. The highest BCUT2D eigenvalue weighted by molar-refractivity contribution is 5.87. The first-order valence-electron chi connectivity index (χ1n) is 9.80. The molecule has 0 bridgehead atoms. The summed E-state index contributed by atoms with van der Waals surface area (Å²) in [5.74, 6) is -0.722. The summed E-state index contributed by atoms with van der Waals surface area (Å²) in [7, 11) is 0. The standard InChI is InChI=1S/C17H32O2.C4H8O2/c1-5-6-7-8-9-10-11-12-13-19-17(18)16(4)14-15(2)3;1-3(2)4(5)6/h15H,4-14H2,1-3H3;3H,1-2H3,(H,5,6). The summed E-state index contributed by atoms with van der Waals surface area (Å²) in [6, 6.07) is 0. The first-order valence-corrected chi connectivity index (χ1v) is 9.80. The molecule has 4 heteroatoms. The lowest BCUT2D eigenvalue weighted by atomic mass is 10.1. The van der Waals surface area contributed by atoms with Crippen LogP contribution in [0.2, 0.25) is 0 Å². The summed E-state index contributed by atoms with van der Waals surface area (Å²) in [6.07, 6.45) is 10.8. The number of hydrogen-bond donors (Lipinski definition) is 1. The van der Waals surface area contributed by atoms with Crippen LogP contribution in [0.25, 0.3) is 0 Å². The molecule has 0 radical (unpaired) electrons. The second-order valence-corrected chi connectivity index (χ2v) is 7.31. The van der Waals surface area contributed by atoms with E-state index in [1.54, 1.807) is 13.8 Å². The van der Waals surface area contributed by atoms with Crippen LogP contribution < -0.4 is 0 Å². The third kappa shape index (κ3) is 20.6. The number of carbonyl (C=O) groups excluding carboxylic acids is 1. The van der Waals surface area contributed by atoms with Crippen LogP contribution in [-0.2, 0) is 14.3 Å². The second kappa shape index (κ2) is 17.5. The van der Waals surface area contributed by atoms with Crippen LogP contribution in [0.15, 0.2) is 12.2 Å². The largest absolute Gasteiger partial charge is 0.481 e. The zero-order valence-corrected chi connectivity index (χ0v) is 17.1. The van der Waals surface area contributed by atoms with Crippen LogP contribution in [0.5, 0.6) is 0 Å². The zero-order chi connectivity index (χ0) is 19.7. The maximum atomic E-state index is 11.6. The molecule has 0 aliphatic heterocycles. The van der Waals surface area contributed by atoms with Crippen molar-refractivity contribution >= 4 is 11.9 Å². The molecule has 0 rings (SSSR count). The third-order valence-corrected chi connectivity index (χ3v) is 3.67. The highest BCUT2D eigenvalue weighted by Crippen LogP contribution is 2.11. The minimum Gasteiger partial charge on any atom is -0.481 e. The van der Waals surface area contributed by atoms with Crippen LogP contribution in [-0.4, -0.2) is 23.7 Å². The summed E-state index contributed by atoms with van der Waals surface area (Å²) >= 11 is 0. The number of carboxylic acids is 1. The first kappa shape index (κ1) is 25.9. The smallest absolute Gasteiger partial charge is 0.333 e. The zero-order valence-electron chi connectivity index (χ0n) is 17.1. The van der Waals surface area contributed by atoms with Gasteiger partial charge in [0, 0.05) is 5.57 Å². The van der Waals surface area contributed by atoms with E-state index in [-0.39, 0.29) is 11.9 Å². The molecular formula is C21H40O4. The number of esters is 1. The van der Waals surface area contributed by atoms with Gasteiger partial charge in [-0.1, -0.05) is 86.1 Å². The monoisotopic (exact) mass is 356 g/mol. The molecule has 4 nitrogen and oxygen atoms in total. The van der Waals surface area contributed by atoms with Gasteiger partial charge < -0.3 is 9.84 Å². The Hall–Kier alpha value is -1.32.